The van der Waals surface area contributed by atoms with Gasteiger partial charge in [-0.15, -0.1) is 11.8 Å². The van der Waals surface area contributed by atoms with E-state index in [1.54, 1.807) is 11.8 Å². The Kier molecular flexibility index (Phi) is 3.83. The molecule has 0 radical (unpaired) electrons. The average molecular weight is 281 g/mol. The smallest absolute Gasteiger partial charge is 0.130 e. The first-order chi connectivity index (χ1) is 9.86. The van der Waals surface area contributed by atoms with Crippen molar-refractivity contribution in [2.75, 3.05) is 12.4 Å². The summed E-state index contributed by atoms with van der Waals surface area (Å²) in [5.74, 6) is 1.84. The second-order valence-corrected chi connectivity index (χ2v) is 5.46. The third kappa shape index (κ3) is 2.75. The lowest BCUT2D eigenvalue weighted by Gasteiger charge is -2.10. The van der Waals surface area contributed by atoms with Crippen molar-refractivity contribution in [3.63, 3.8) is 0 Å². The van der Waals surface area contributed by atoms with Gasteiger partial charge in [0.15, 0.2) is 0 Å². The zero-order valence-corrected chi connectivity index (χ0v) is 12.0. The molecule has 0 aliphatic heterocycles. The van der Waals surface area contributed by atoms with Gasteiger partial charge in [-0.2, -0.15) is 0 Å². The van der Waals surface area contributed by atoms with Crippen LogP contribution in [0, 0.1) is 0 Å². The summed E-state index contributed by atoms with van der Waals surface area (Å²) < 4.78 is 0. The summed E-state index contributed by atoms with van der Waals surface area (Å²) in [6.07, 6.45) is 3.64. The molecule has 3 aromatic rings. The van der Waals surface area contributed by atoms with Crippen LogP contribution in [0.4, 0.5) is 5.82 Å². The first kappa shape index (κ1) is 12.9. The van der Waals surface area contributed by atoms with Gasteiger partial charge in [-0.3, -0.25) is 4.98 Å². The lowest BCUT2D eigenvalue weighted by molar-refractivity contribution is 1.24. The molecule has 3 rings (SSSR count). The zero-order valence-electron chi connectivity index (χ0n) is 11.2. The van der Waals surface area contributed by atoms with E-state index in [4.69, 9.17) is 0 Å². The predicted molar refractivity (Wildman–Crippen MR) is 85.1 cm³/mol. The largest absolute Gasteiger partial charge is 0.373 e. The van der Waals surface area contributed by atoms with E-state index in [9.17, 15) is 0 Å². The van der Waals surface area contributed by atoms with Gasteiger partial charge in [0, 0.05) is 41.0 Å². The van der Waals surface area contributed by atoms with Crippen molar-refractivity contribution in [1.29, 1.82) is 0 Å². The highest BCUT2D eigenvalue weighted by molar-refractivity contribution is 7.98. The third-order valence-corrected chi connectivity index (χ3v) is 4.14. The molecule has 0 saturated heterocycles. The van der Waals surface area contributed by atoms with E-state index in [1.165, 1.54) is 15.8 Å². The Morgan fingerprint density at radius 1 is 1.10 bits per heavy atom. The van der Waals surface area contributed by atoms with Gasteiger partial charge in [0.05, 0.1) is 5.52 Å². The van der Waals surface area contributed by atoms with Gasteiger partial charge in [-0.1, -0.05) is 18.2 Å². The standard InChI is InChI=1S/C16H15N3S/c1-17-16-13(11-20-14-6-8-18-9-7-14)10-12-4-2-3-5-15(12)19-16/h2-10H,11H2,1H3,(H,17,19). The van der Waals surface area contributed by atoms with Crippen molar-refractivity contribution < 1.29 is 0 Å². The monoisotopic (exact) mass is 281 g/mol. The maximum Gasteiger partial charge on any atom is 0.130 e. The Labute approximate surface area is 122 Å². The molecule has 2 aromatic heterocycles. The maximum atomic E-state index is 4.67. The summed E-state index contributed by atoms with van der Waals surface area (Å²) >= 11 is 1.79. The number of anilines is 1. The van der Waals surface area contributed by atoms with Crippen molar-refractivity contribution in [3.05, 3.63) is 60.4 Å². The molecule has 0 unspecified atom stereocenters. The summed E-state index contributed by atoms with van der Waals surface area (Å²) in [5.41, 5.74) is 2.24. The van der Waals surface area contributed by atoms with Gasteiger partial charge in [0.2, 0.25) is 0 Å². The lowest BCUT2D eigenvalue weighted by Crippen LogP contribution is -1.98. The number of fused-ring (bicyclic) bond motifs is 1. The normalized spacial score (nSPS) is 10.7. The number of nitrogens with one attached hydrogen (secondary N) is 1. The minimum atomic E-state index is 0.887. The number of nitrogens with zero attached hydrogens (tertiary/aromatic N) is 2. The van der Waals surface area contributed by atoms with Crippen LogP contribution in [0.1, 0.15) is 5.56 Å². The van der Waals surface area contributed by atoms with E-state index in [0.717, 1.165) is 17.1 Å². The summed E-state index contributed by atoms with van der Waals surface area (Å²) in [5, 5.41) is 4.36. The molecule has 0 aliphatic rings. The molecule has 0 saturated carbocycles. The highest BCUT2D eigenvalue weighted by Crippen LogP contribution is 2.27. The molecular formula is C16H15N3S. The van der Waals surface area contributed by atoms with Crippen LogP contribution in [-0.2, 0) is 5.75 Å². The van der Waals surface area contributed by atoms with Crippen molar-refractivity contribution >= 4 is 28.5 Å². The Morgan fingerprint density at radius 2 is 1.90 bits per heavy atom. The van der Waals surface area contributed by atoms with Crippen LogP contribution in [0.2, 0.25) is 0 Å². The summed E-state index contributed by atoms with van der Waals surface area (Å²) in [6, 6.07) is 14.5. The van der Waals surface area contributed by atoms with Crippen LogP contribution >= 0.6 is 11.8 Å². The van der Waals surface area contributed by atoms with E-state index in [2.05, 4.69) is 27.4 Å². The van der Waals surface area contributed by atoms with E-state index >= 15 is 0 Å². The van der Waals surface area contributed by atoms with Gasteiger partial charge in [0.25, 0.3) is 0 Å². The molecule has 100 valence electrons. The molecule has 20 heavy (non-hydrogen) atoms. The van der Waals surface area contributed by atoms with Crippen molar-refractivity contribution in [2.24, 2.45) is 0 Å². The van der Waals surface area contributed by atoms with E-state index in [0.29, 0.717) is 0 Å². The van der Waals surface area contributed by atoms with Gasteiger partial charge < -0.3 is 5.32 Å². The summed E-state index contributed by atoms with van der Waals surface area (Å²) in [6.45, 7) is 0. The molecule has 0 spiro atoms. The lowest BCUT2D eigenvalue weighted by atomic mass is 10.1. The fourth-order valence-corrected chi connectivity index (χ4v) is 2.94. The van der Waals surface area contributed by atoms with Gasteiger partial charge in [-0.25, -0.2) is 4.98 Å². The van der Waals surface area contributed by atoms with Crippen LogP contribution in [-0.4, -0.2) is 17.0 Å². The number of thioether (sulfide) groups is 1. The third-order valence-electron chi connectivity index (χ3n) is 3.08. The number of hydrogen-bond donors (Lipinski definition) is 1. The molecule has 2 heterocycles. The van der Waals surface area contributed by atoms with Gasteiger partial charge >= 0.3 is 0 Å². The molecule has 3 nitrogen and oxygen atoms in total. The van der Waals surface area contributed by atoms with Crippen molar-refractivity contribution in [2.45, 2.75) is 10.6 Å². The van der Waals surface area contributed by atoms with Gasteiger partial charge in [0.1, 0.15) is 5.82 Å². The highest BCUT2D eigenvalue weighted by atomic mass is 32.2. The number of rotatable bonds is 4. The van der Waals surface area contributed by atoms with Crippen LogP contribution in [0.5, 0.6) is 0 Å². The SMILES string of the molecule is CNc1nc2ccccc2cc1CSc1ccncc1. The first-order valence-corrected chi connectivity index (χ1v) is 7.44. The van der Waals surface area contributed by atoms with Crippen LogP contribution in [0.25, 0.3) is 10.9 Å². The average Bonchev–Trinajstić information content (AvgIpc) is 2.53. The first-order valence-electron chi connectivity index (χ1n) is 6.46. The number of benzene rings is 1. The van der Waals surface area contributed by atoms with Crippen molar-refractivity contribution in [3.8, 4) is 0 Å². The Bertz CT molecular complexity index is 713. The summed E-state index contributed by atoms with van der Waals surface area (Å²) in [4.78, 5) is 9.92. The molecule has 0 amide bonds. The minimum Gasteiger partial charge on any atom is -0.373 e. The van der Waals surface area contributed by atoms with E-state index < -0.39 is 0 Å². The fraction of sp³-hybridized carbons (Fsp3) is 0.125. The van der Waals surface area contributed by atoms with Crippen LogP contribution in [0.3, 0.4) is 0 Å². The Hall–Kier alpha value is -2.07. The van der Waals surface area contributed by atoms with E-state index in [1.807, 2.05) is 49.8 Å². The zero-order chi connectivity index (χ0) is 13.8. The number of para-hydroxylation sites is 1. The Balaban J connectivity index is 1.90. The maximum absolute atomic E-state index is 4.67. The molecule has 4 heteroatoms. The molecular weight excluding hydrogens is 266 g/mol. The predicted octanol–water partition coefficient (Wildman–Crippen LogP) is 3.96. The minimum absolute atomic E-state index is 0.887. The van der Waals surface area contributed by atoms with Gasteiger partial charge in [-0.05, 0) is 24.3 Å². The van der Waals surface area contributed by atoms with Crippen molar-refractivity contribution in [1.82, 2.24) is 9.97 Å². The number of pyridine rings is 2. The van der Waals surface area contributed by atoms with E-state index in [-0.39, 0.29) is 0 Å². The molecule has 1 aromatic carbocycles. The number of aromatic nitrogens is 2. The topological polar surface area (TPSA) is 37.8 Å². The molecule has 0 bridgehead atoms. The molecule has 0 aliphatic carbocycles. The molecule has 0 fully saturated rings. The quantitative estimate of drug-likeness (QED) is 0.734. The fourth-order valence-electron chi connectivity index (χ4n) is 2.08. The molecule has 0 atom stereocenters. The summed E-state index contributed by atoms with van der Waals surface area (Å²) in [7, 11) is 1.91. The highest BCUT2D eigenvalue weighted by Gasteiger charge is 2.06. The second kappa shape index (κ2) is 5.92. The van der Waals surface area contributed by atoms with Crippen LogP contribution < -0.4 is 5.32 Å². The second-order valence-electron chi connectivity index (χ2n) is 4.41. The van der Waals surface area contributed by atoms with Crippen LogP contribution in [0.15, 0.2) is 59.8 Å². The Morgan fingerprint density at radius 3 is 2.70 bits per heavy atom. The number of hydrogen-bond acceptors (Lipinski definition) is 4. The molecule has 1 N–H and O–H groups in total.